The summed E-state index contributed by atoms with van der Waals surface area (Å²) in [4.78, 5) is 88.2. The molecule has 96 heavy (non-hydrogen) atoms. The number of thiazole rings is 1. The van der Waals surface area contributed by atoms with Crippen LogP contribution in [0.1, 0.15) is 165 Å². The largest absolute Gasteiger partial charge is 0.465 e. The molecule has 3 unspecified atom stereocenters. The van der Waals surface area contributed by atoms with E-state index in [-0.39, 0.29) is 90.4 Å². The number of rotatable bonds is 18. The molecule has 2 bridgehead atoms. The number of likely N-dealkylation sites (tertiary alicyclic amines) is 1. The highest BCUT2D eigenvalue weighted by molar-refractivity contribution is 7.13. The van der Waals surface area contributed by atoms with Crippen molar-refractivity contribution in [2.24, 2.45) is 5.92 Å². The molecule has 0 radical (unpaired) electrons. The first-order chi connectivity index (χ1) is 46.3. The van der Waals surface area contributed by atoms with Crippen LogP contribution in [0.5, 0.6) is 11.8 Å². The normalized spacial score (nSPS) is 24.4. The number of hydrogen-bond donors (Lipinski definition) is 1. The molecule has 6 aromatic rings. The Hall–Kier alpha value is -7.41. The van der Waals surface area contributed by atoms with Crippen molar-refractivity contribution in [3.8, 4) is 33.5 Å². The topological polar surface area (TPSA) is 223 Å². The summed E-state index contributed by atoms with van der Waals surface area (Å²) in [6.07, 6.45) is 11.3. The van der Waals surface area contributed by atoms with Crippen molar-refractivity contribution in [1.82, 2.24) is 50.0 Å². The Balaban J connectivity index is 0.619. The number of carbonyl (C=O) groups is 4. The predicted molar refractivity (Wildman–Crippen MR) is 361 cm³/mol. The molecule has 11 heterocycles. The number of pyridine rings is 1. The number of carbonyl (C=O) groups excluding carboxylic acids is 4. The van der Waals surface area contributed by atoms with Gasteiger partial charge in [0.05, 0.1) is 51.7 Å². The Bertz CT molecular complexity index is 3860. The lowest BCUT2D eigenvalue weighted by atomic mass is 9.91. The number of benzene rings is 2. The highest BCUT2D eigenvalue weighted by atomic mass is 35.5. The van der Waals surface area contributed by atoms with E-state index in [2.05, 4.69) is 42.3 Å². The number of fused-ring (bicyclic) bond motifs is 4. The van der Waals surface area contributed by atoms with Gasteiger partial charge in [-0.2, -0.15) is 9.97 Å². The van der Waals surface area contributed by atoms with Crippen molar-refractivity contribution >= 4 is 69.5 Å². The average molecular weight is 1360 g/mol. The van der Waals surface area contributed by atoms with E-state index in [0.717, 1.165) is 104 Å². The van der Waals surface area contributed by atoms with E-state index in [1.165, 1.54) is 0 Å². The van der Waals surface area contributed by atoms with Gasteiger partial charge in [-0.25, -0.2) is 19.0 Å². The number of piperazine rings is 2. The molecular weight excluding hydrogens is 1270 g/mol. The summed E-state index contributed by atoms with van der Waals surface area (Å²) in [6, 6.07) is 12.5. The number of anilines is 2. The van der Waals surface area contributed by atoms with Gasteiger partial charge in [0.25, 0.3) is 0 Å². The zero-order valence-corrected chi connectivity index (χ0v) is 57.6. The number of halogens is 2. The van der Waals surface area contributed by atoms with E-state index >= 15 is 4.39 Å². The van der Waals surface area contributed by atoms with Crippen molar-refractivity contribution in [3.63, 3.8) is 0 Å². The number of amides is 4. The number of ether oxygens (including phenoxy) is 5. The first-order valence-corrected chi connectivity index (χ1v) is 35.9. The van der Waals surface area contributed by atoms with Crippen LogP contribution < -0.4 is 24.6 Å². The zero-order valence-electron chi connectivity index (χ0n) is 56.0. The first-order valence-electron chi connectivity index (χ1n) is 34.6. The zero-order chi connectivity index (χ0) is 66.7. The fourth-order valence-corrected chi connectivity index (χ4v) is 17.0. The molecule has 0 spiro atoms. The Morgan fingerprint density at radius 3 is 2.34 bits per heavy atom. The smallest absolute Gasteiger partial charge is 0.410 e. The van der Waals surface area contributed by atoms with Crippen molar-refractivity contribution < 1.29 is 51.8 Å². The molecule has 8 aliphatic rings. The van der Waals surface area contributed by atoms with Gasteiger partial charge in [-0.05, 0) is 159 Å². The van der Waals surface area contributed by atoms with Crippen LogP contribution in [0.2, 0.25) is 5.02 Å². The highest BCUT2D eigenvalue weighted by Crippen LogP contribution is 2.51. The molecule has 1 N–H and O–H groups in total. The van der Waals surface area contributed by atoms with E-state index in [1.54, 1.807) is 33.4 Å². The highest BCUT2D eigenvalue weighted by Gasteiger charge is 2.51. The van der Waals surface area contributed by atoms with Gasteiger partial charge in [-0.1, -0.05) is 54.9 Å². The minimum absolute atomic E-state index is 0.0387. The molecule has 512 valence electrons. The molecule has 22 nitrogen and oxygen atoms in total. The fourth-order valence-electron chi connectivity index (χ4n) is 15.9. The lowest BCUT2D eigenvalue weighted by Gasteiger charge is -2.42. The van der Waals surface area contributed by atoms with Crippen LogP contribution in [-0.4, -0.2) is 182 Å². The Morgan fingerprint density at radius 1 is 0.854 bits per heavy atom. The van der Waals surface area contributed by atoms with Crippen LogP contribution in [0.3, 0.4) is 0 Å². The summed E-state index contributed by atoms with van der Waals surface area (Å²) >= 11 is 8.67. The summed E-state index contributed by atoms with van der Waals surface area (Å²) in [5.74, 6) is 0.402. The molecule has 25 heteroatoms. The molecule has 7 aliphatic heterocycles. The van der Waals surface area contributed by atoms with E-state index in [9.17, 15) is 19.2 Å². The summed E-state index contributed by atoms with van der Waals surface area (Å²) in [6.45, 7) is 18.5. The molecule has 1 aliphatic carbocycles. The molecule has 1 saturated carbocycles. The van der Waals surface area contributed by atoms with Crippen LogP contribution >= 0.6 is 22.9 Å². The molecular formula is C71H88ClFN12O10S. The minimum Gasteiger partial charge on any atom is -0.465 e. The summed E-state index contributed by atoms with van der Waals surface area (Å²) in [5.41, 5.74) is 5.40. The van der Waals surface area contributed by atoms with Crippen LogP contribution in [0.4, 0.5) is 25.6 Å². The van der Waals surface area contributed by atoms with Gasteiger partial charge < -0.3 is 53.1 Å². The quantitative estimate of drug-likeness (QED) is 0.0844. The van der Waals surface area contributed by atoms with Crippen LogP contribution in [-0.2, 0) is 23.8 Å². The van der Waals surface area contributed by atoms with Gasteiger partial charge in [0.2, 0.25) is 11.8 Å². The van der Waals surface area contributed by atoms with Gasteiger partial charge in [0.1, 0.15) is 53.6 Å². The maximum absolute atomic E-state index is 17.9. The van der Waals surface area contributed by atoms with E-state index in [1.807, 2.05) is 83.1 Å². The lowest BCUT2D eigenvalue weighted by Crippen LogP contribution is -2.57. The van der Waals surface area contributed by atoms with E-state index in [4.69, 9.17) is 54.8 Å². The molecule has 8 fully saturated rings. The van der Waals surface area contributed by atoms with E-state index < -0.39 is 35.2 Å². The molecule has 7 saturated heterocycles. The van der Waals surface area contributed by atoms with Gasteiger partial charge in [0, 0.05) is 81.1 Å². The molecule has 14 rings (SSSR count). The third-order valence-electron chi connectivity index (χ3n) is 20.9. The molecule has 2 aromatic carbocycles. The van der Waals surface area contributed by atoms with Crippen LogP contribution in [0, 0.1) is 18.7 Å². The second-order valence-electron chi connectivity index (χ2n) is 28.9. The maximum Gasteiger partial charge on any atom is 0.410 e. The number of aryl methyl sites for hydroxylation is 1. The third-order valence-corrected chi connectivity index (χ3v) is 22.2. The summed E-state index contributed by atoms with van der Waals surface area (Å²) in [7, 11) is 0. The van der Waals surface area contributed by atoms with Gasteiger partial charge in [-0.3, -0.25) is 24.4 Å². The summed E-state index contributed by atoms with van der Waals surface area (Å²) < 4.78 is 54.9. The number of aromatic nitrogens is 5. The third kappa shape index (κ3) is 13.4. The van der Waals surface area contributed by atoms with Crippen molar-refractivity contribution in [1.29, 1.82) is 0 Å². The lowest BCUT2D eigenvalue weighted by molar-refractivity contribution is -0.141. The first kappa shape index (κ1) is 65.9. The average Bonchev–Trinajstić information content (AvgIpc) is 1.01. The summed E-state index contributed by atoms with van der Waals surface area (Å²) in [5, 5.41) is 8.54. The SMILES string of the molecule is Cc1ncsc1-c1ccc([C@H](C)NC(=O)[C@@H]2CCCN2C(=O)[C@@H](c2cc(N3CCN(C(=O)OC[C@@H]4CC[C@@]5(COc6nc(N7CC8CCC(C7)N8C(=O)OC(C)(C)C)c7cnc(-c8cc(OC9CCCCO9)cc(Cl)c8C8CC8)c(F)c7n6)CCCN45)CC3)no2)C(C)C)cc1. The second kappa shape index (κ2) is 27.1. The molecule has 4 aromatic heterocycles. The predicted octanol–water partition coefficient (Wildman–Crippen LogP) is 12.2. The Morgan fingerprint density at radius 2 is 1.64 bits per heavy atom. The Kier molecular flexibility index (Phi) is 18.6. The van der Waals surface area contributed by atoms with Crippen molar-refractivity contribution in [3.05, 3.63) is 87.6 Å². The number of hydrogen-bond acceptors (Lipinski definition) is 19. The van der Waals surface area contributed by atoms with Gasteiger partial charge in [0.15, 0.2) is 23.7 Å². The minimum atomic E-state index is -0.655. The second-order valence-corrected chi connectivity index (χ2v) is 30.2. The van der Waals surface area contributed by atoms with Gasteiger partial charge >= 0.3 is 18.2 Å². The van der Waals surface area contributed by atoms with Gasteiger partial charge in [-0.15, -0.1) is 11.3 Å². The van der Waals surface area contributed by atoms with E-state index in [0.29, 0.717) is 104 Å². The molecule has 8 atom stereocenters. The maximum atomic E-state index is 17.9. The molecule has 4 amide bonds. The number of nitrogens with one attached hydrogen (secondary N) is 1. The Labute approximate surface area is 568 Å². The monoisotopic (exact) mass is 1350 g/mol. The van der Waals surface area contributed by atoms with Crippen molar-refractivity contribution in [2.45, 2.75) is 191 Å². The van der Waals surface area contributed by atoms with Crippen LogP contribution in [0.15, 0.2) is 58.7 Å². The fraction of sp³-hybridized carbons (Fsp3) is 0.592. The standard InChI is InChI=1S/C71H88ClFN12O10S/c1-41(2)58(66(87)83-25-10-12-54(83)65(86)76-42(3)44-14-18-46(19-15-44)63-43(4)75-40-96-63)55-34-56(79-95-55)80-27-29-81(30-28-80)68(88)91-38-49-22-24-71(23-11-26-84(49)71)39-92-67-77-62-52(64(78-67)82-36-47-20-21-48(37-82)85(47)69(89)94-70(5,6)7)35-74-61(60(62)73)51-32-50(93-57-13-8-9-31-90-57)33-53(72)59(51)45-16-17-45/h14-15,18-19,32-35,40-42,45,47-49,54,57-58H,8-13,16-17,20-31,36-39H2,1-7H3,(H,76,86)/t42-,47?,48?,49-,54-,57?,58+,71+/m0/s1. The van der Waals surface area contributed by atoms with Crippen LogP contribution in [0.25, 0.3) is 32.6 Å². The van der Waals surface area contributed by atoms with Crippen molar-refractivity contribution in [2.75, 3.05) is 82.0 Å². The number of nitrogens with zero attached hydrogens (tertiary/aromatic N) is 11.